The second-order valence-electron chi connectivity index (χ2n) is 8.52. The first-order valence-corrected chi connectivity index (χ1v) is 11.9. The van der Waals surface area contributed by atoms with E-state index in [-0.39, 0.29) is 11.9 Å². The lowest BCUT2D eigenvalue weighted by Gasteiger charge is -2.20. The Morgan fingerprint density at radius 3 is 2.08 bits per heavy atom. The van der Waals surface area contributed by atoms with Gasteiger partial charge in [0.2, 0.25) is 0 Å². The number of hydrogen-bond acceptors (Lipinski definition) is 3. The maximum Gasteiger partial charge on any atom is 0.270 e. The number of benzene rings is 4. The van der Waals surface area contributed by atoms with Gasteiger partial charge in [0.05, 0.1) is 24.5 Å². The summed E-state index contributed by atoms with van der Waals surface area (Å²) in [6.45, 7) is 0. The maximum absolute atomic E-state index is 13.8. The molecule has 0 aliphatic heterocycles. The quantitative estimate of drug-likeness (QED) is 0.289. The second-order valence-corrected chi connectivity index (χ2v) is 8.52. The Balaban J connectivity index is 1.51. The molecule has 0 fully saturated rings. The van der Waals surface area contributed by atoms with Crippen molar-refractivity contribution >= 4 is 5.91 Å². The van der Waals surface area contributed by atoms with E-state index in [1.807, 2.05) is 109 Å². The smallest absolute Gasteiger partial charge is 0.270 e. The number of carbonyl (C=O) groups is 1. The number of rotatable bonds is 8. The number of methoxy groups -OCH3 is 1. The van der Waals surface area contributed by atoms with Crippen LogP contribution in [0.4, 0.5) is 0 Å². The van der Waals surface area contributed by atoms with E-state index in [9.17, 15) is 4.79 Å². The normalized spacial score (nSPS) is 11.6. The van der Waals surface area contributed by atoms with Crippen molar-refractivity contribution in [1.82, 2.24) is 15.1 Å². The molecule has 4 aromatic carbocycles. The highest BCUT2D eigenvalue weighted by Gasteiger charge is 2.22. The minimum absolute atomic E-state index is 0.184. The lowest BCUT2D eigenvalue weighted by Crippen LogP contribution is -2.31. The van der Waals surface area contributed by atoms with Crippen LogP contribution in [0, 0.1) is 0 Å². The summed E-state index contributed by atoms with van der Waals surface area (Å²) < 4.78 is 6.99. The summed E-state index contributed by atoms with van der Waals surface area (Å²) in [4.78, 5) is 13.8. The van der Waals surface area contributed by atoms with Crippen molar-refractivity contribution in [2.75, 3.05) is 7.11 Å². The molecule has 0 saturated carbocycles. The Bertz CT molecular complexity index is 1410. The van der Waals surface area contributed by atoms with Crippen molar-refractivity contribution in [2.24, 2.45) is 0 Å². The topological polar surface area (TPSA) is 56.1 Å². The molecule has 1 atom stereocenters. The van der Waals surface area contributed by atoms with Crippen LogP contribution in [0.2, 0.25) is 0 Å². The van der Waals surface area contributed by atoms with Crippen LogP contribution in [-0.4, -0.2) is 22.8 Å². The largest absolute Gasteiger partial charge is 0.497 e. The predicted molar refractivity (Wildman–Crippen MR) is 142 cm³/mol. The van der Waals surface area contributed by atoms with Gasteiger partial charge in [0.1, 0.15) is 11.4 Å². The fourth-order valence-electron chi connectivity index (χ4n) is 4.23. The highest BCUT2D eigenvalue weighted by molar-refractivity contribution is 5.94. The summed E-state index contributed by atoms with van der Waals surface area (Å²) in [7, 11) is 1.64. The van der Waals surface area contributed by atoms with Crippen LogP contribution >= 0.6 is 0 Å². The zero-order valence-electron chi connectivity index (χ0n) is 20.0. The molecule has 0 radical (unpaired) electrons. The van der Waals surface area contributed by atoms with E-state index in [2.05, 4.69) is 17.4 Å². The summed E-state index contributed by atoms with van der Waals surface area (Å²) in [5.41, 5.74) is 5.12. The number of ether oxygens (including phenoxy) is 1. The number of para-hydroxylation sites is 1. The van der Waals surface area contributed by atoms with Crippen molar-refractivity contribution in [1.29, 1.82) is 0 Å². The Labute approximate surface area is 211 Å². The van der Waals surface area contributed by atoms with Crippen LogP contribution < -0.4 is 10.1 Å². The van der Waals surface area contributed by atoms with Crippen molar-refractivity contribution < 1.29 is 9.53 Å². The van der Waals surface area contributed by atoms with Crippen LogP contribution in [0.15, 0.2) is 121 Å². The first-order chi connectivity index (χ1) is 17.7. The van der Waals surface area contributed by atoms with Gasteiger partial charge in [-0.3, -0.25) is 4.79 Å². The van der Waals surface area contributed by atoms with E-state index in [1.54, 1.807) is 11.8 Å². The number of carbonyl (C=O) groups excluding carboxylic acids is 1. The fourth-order valence-corrected chi connectivity index (χ4v) is 4.23. The predicted octanol–water partition coefficient (Wildman–Crippen LogP) is 6.26. The monoisotopic (exact) mass is 473 g/mol. The van der Waals surface area contributed by atoms with Gasteiger partial charge >= 0.3 is 0 Å². The van der Waals surface area contributed by atoms with Gasteiger partial charge in [-0.2, -0.15) is 5.10 Å². The summed E-state index contributed by atoms with van der Waals surface area (Å²) in [5.74, 6) is 0.585. The molecule has 1 heterocycles. The van der Waals surface area contributed by atoms with Crippen LogP contribution in [-0.2, 0) is 6.42 Å². The maximum atomic E-state index is 13.8. The minimum atomic E-state index is -0.190. The molecule has 5 rings (SSSR count). The van der Waals surface area contributed by atoms with Crippen LogP contribution in [0.3, 0.4) is 0 Å². The third-order valence-corrected chi connectivity index (χ3v) is 6.12. The SMILES string of the molecule is COc1ccc(-c2cc(C(=O)NC(Cc3ccccc3)c3ccccc3)n(-c3ccccc3)n2)cc1. The average Bonchev–Trinajstić information content (AvgIpc) is 3.40. The molecule has 1 amide bonds. The Hall–Kier alpha value is -4.64. The summed E-state index contributed by atoms with van der Waals surface area (Å²) >= 11 is 0. The van der Waals surface area contributed by atoms with E-state index in [1.165, 1.54) is 0 Å². The fraction of sp³-hybridized carbons (Fsp3) is 0.0968. The van der Waals surface area contributed by atoms with Gasteiger partial charge in [0.25, 0.3) is 5.91 Å². The van der Waals surface area contributed by atoms with Crippen LogP contribution in [0.25, 0.3) is 16.9 Å². The van der Waals surface area contributed by atoms with E-state index >= 15 is 0 Å². The third-order valence-electron chi connectivity index (χ3n) is 6.12. The lowest BCUT2D eigenvalue weighted by atomic mass is 9.98. The molecular weight excluding hydrogens is 446 g/mol. The molecule has 0 spiro atoms. The Morgan fingerprint density at radius 2 is 1.44 bits per heavy atom. The minimum Gasteiger partial charge on any atom is -0.497 e. The third kappa shape index (κ3) is 5.20. The summed E-state index contributed by atoms with van der Waals surface area (Å²) in [6.07, 6.45) is 0.682. The molecule has 1 N–H and O–H groups in total. The zero-order chi connectivity index (χ0) is 24.7. The highest BCUT2D eigenvalue weighted by atomic mass is 16.5. The van der Waals surface area contributed by atoms with Crippen LogP contribution in [0.1, 0.15) is 27.7 Å². The number of hydrogen-bond donors (Lipinski definition) is 1. The van der Waals surface area contributed by atoms with Crippen LogP contribution in [0.5, 0.6) is 5.75 Å². The molecule has 0 saturated heterocycles. The number of aromatic nitrogens is 2. The second kappa shape index (κ2) is 10.7. The van der Waals surface area contributed by atoms with Gasteiger partial charge in [-0.15, -0.1) is 0 Å². The first kappa shape index (κ1) is 23.1. The molecule has 1 unspecified atom stereocenters. The standard InChI is InChI=1S/C31H27N3O2/c1-36-27-19-17-25(18-20-27)29-22-30(34(33-29)26-15-9-4-10-16-26)31(35)32-28(24-13-7-3-8-14-24)21-23-11-5-2-6-12-23/h2-20,22,28H,21H2,1H3,(H,32,35). The van der Waals surface area contributed by atoms with E-state index < -0.39 is 0 Å². The van der Waals surface area contributed by atoms with Gasteiger partial charge in [0, 0.05) is 5.56 Å². The van der Waals surface area contributed by atoms with Gasteiger partial charge in [-0.1, -0.05) is 78.9 Å². The Morgan fingerprint density at radius 1 is 0.833 bits per heavy atom. The number of amides is 1. The van der Waals surface area contributed by atoms with Crippen molar-refractivity contribution in [3.63, 3.8) is 0 Å². The van der Waals surface area contributed by atoms with Crippen molar-refractivity contribution in [3.8, 4) is 22.7 Å². The lowest BCUT2D eigenvalue weighted by molar-refractivity contribution is 0.0928. The average molecular weight is 474 g/mol. The molecule has 178 valence electrons. The van der Waals surface area contributed by atoms with Crippen molar-refractivity contribution in [3.05, 3.63) is 138 Å². The van der Waals surface area contributed by atoms with E-state index in [0.717, 1.165) is 28.1 Å². The van der Waals surface area contributed by atoms with E-state index in [4.69, 9.17) is 9.84 Å². The molecule has 5 heteroatoms. The first-order valence-electron chi connectivity index (χ1n) is 11.9. The Kier molecular flexibility index (Phi) is 6.90. The highest BCUT2D eigenvalue weighted by Crippen LogP contribution is 2.25. The van der Waals surface area contributed by atoms with E-state index in [0.29, 0.717) is 17.8 Å². The zero-order valence-corrected chi connectivity index (χ0v) is 20.0. The van der Waals surface area contributed by atoms with Gasteiger partial charge in [-0.05, 0) is 60.0 Å². The number of nitrogens with one attached hydrogen (secondary N) is 1. The molecule has 1 aromatic heterocycles. The summed E-state index contributed by atoms with van der Waals surface area (Å²) in [5, 5.41) is 8.08. The van der Waals surface area contributed by atoms with Gasteiger partial charge in [0.15, 0.2) is 0 Å². The molecule has 0 aliphatic rings. The van der Waals surface area contributed by atoms with Gasteiger partial charge < -0.3 is 10.1 Å². The molecule has 0 bridgehead atoms. The molecule has 36 heavy (non-hydrogen) atoms. The molecule has 5 aromatic rings. The summed E-state index contributed by atoms with van der Waals surface area (Å²) in [6, 6.07) is 39.3. The van der Waals surface area contributed by atoms with Gasteiger partial charge in [-0.25, -0.2) is 4.68 Å². The number of nitrogens with zero attached hydrogens (tertiary/aromatic N) is 2. The van der Waals surface area contributed by atoms with Crippen molar-refractivity contribution in [2.45, 2.75) is 12.5 Å². The molecular formula is C31H27N3O2. The molecule has 5 nitrogen and oxygen atoms in total. The molecule has 0 aliphatic carbocycles.